The summed E-state index contributed by atoms with van der Waals surface area (Å²) in [6.45, 7) is 4.12. The number of rotatable bonds is 7. The van der Waals surface area contributed by atoms with Crippen LogP contribution in [0.5, 0.6) is 5.88 Å². The number of allylic oxidation sites excluding steroid dienone is 1. The molecular formula is C22H26ClN3O3. The first-order valence-corrected chi connectivity index (χ1v) is 10.3. The molecule has 1 atom stereocenters. The third-order valence-corrected chi connectivity index (χ3v) is 5.21. The molecule has 1 aliphatic rings. The van der Waals surface area contributed by atoms with E-state index in [4.69, 9.17) is 16.3 Å². The fourth-order valence-corrected chi connectivity index (χ4v) is 3.46. The largest absolute Gasteiger partial charge is 0.464 e. The molecule has 0 spiro atoms. The summed E-state index contributed by atoms with van der Waals surface area (Å²) in [5.41, 5.74) is 2.53. The summed E-state index contributed by atoms with van der Waals surface area (Å²) >= 11 is 6.06. The molecule has 1 N–H and O–H groups in total. The van der Waals surface area contributed by atoms with Crippen molar-refractivity contribution in [1.82, 2.24) is 15.1 Å². The molecule has 29 heavy (non-hydrogen) atoms. The van der Waals surface area contributed by atoms with Crippen LogP contribution in [0.2, 0.25) is 5.02 Å². The van der Waals surface area contributed by atoms with E-state index in [-0.39, 0.29) is 17.3 Å². The number of ether oxygens (including phenoxy) is 1. The molecule has 3 rings (SSSR count). The normalized spacial score (nSPS) is 14.8. The van der Waals surface area contributed by atoms with Crippen LogP contribution in [-0.2, 0) is 4.79 Å². The van der Waals surface area contributed by atoms with Crippen LogP contribution in [0.3, 0.4) is 0 Å². The quantitative estimate of drug-likeness (QED) is 0.694. The number of hydrogen-bond donors (Lipinski definition) is 1. The molecule has 1 heterocycles. The number of benzene rings is 1. The lowest BCUT2D eigenvalue weighted by Crippen LogP contribution is -2.37. The van der Waals surface area contributed by atoms with Crippen LogP contribution in [0.4, 0.5) is 0 Å². The van der Waals surface area contributed by atoms with Gasteiger partial charge in [0.25, 0.3) is 11.5 Å². The van der Waals surface area contributed by atoms with Crippen molar-refractivity contribution in [3.05, 3.63) is 62.9 Å². The molecule has 0 saturated heterocycles. The molecule has 0 fully saturated rings. The van der Waals surface area contributed by atoms with E-state index < -0.39 is 6.10 Å². The molecule has 1 aromatic heterocycles. The van der Waals surface area contributed by atoms with Gasteiger partial charge in [-0.3, -0.25) is 9.59 Å². The lowest BCUT2D eigenvalue weighted by Gasteiger charge is -2.16. The van der Waals surface area contributed by atoms with Gasteiger partial charge in [0, 0.05) is 23.7 Å². The molecule has 1 aliphatic carbocycles. The van der Waals surface area contributed by atoms with Gasteiger partial charge in [-0.25, -0.2) is 0 Å². The minimum atomic E-state index is -0.728. The van der Waals surface area contributed by atoms with Gasteiger partial charge in [0.05, 0.1) is 5.69 Å². The number of amides is 1. The summed E-state index contributed by atoms with van der Waals surface area (Å²) in [6, 6.07) is 8.07. The van der Waals surface area contributed by atoms with Crippen molar-refractivity contribution in [2.75, 3.05) is 6.54 Å². The third kappa shape index (κ3) is 5.70. The highest BCUT2D eigenvalue weighted by Gasteiger charge is 2.16. The zero-order valence-electron chi connectivity index (χ0n) is 16.8. The van der Waals surface area contributed by atoms with E-state index in [0.29, 0.717) is 17.3 Å². The number of carbonyl (C=O) groups excluding carboxylic acids is 1. The van der Waals surface area contributed by atoms with Crippen LogP contribution in [0.15, 0.2) is 46.8 Å². The van der Waals surface area contributed by atoms with Crippen molar-refractivity contribution in [3.8, 4) is 11.6 Å². The van der Waals surface area contributed by atoms with Crippen LogP contribution in [0.25, 0.3) is 5.69 Å². The van der Waals surface area contributed by atoms with E-state index in [2.05, 4.69) is 16.5 Å². The van der Waals surface area contributed by atoms with E-state index >= 15 is 0 Å². The summed E-state index contributed by atoms with van der Waals surface area (Å²) in [7, 11) is 0. The SMILES string of the molecule is Cc1ccc(Cl)cc1-n1nc(OC(C)C(=O)NCCC2=CCCCC2)ccc1=O. The standard InChI is InChI=1S/C22H26ClN3O3/c1-15-8-9-18(23)14-19(15)26-21(27)11-10-20(25-26)29-16(2)22(28)24-13-12-17-6-4-3-5-7-17/h6,8-11,14,16H,3-5,7,12-13H2,1-2H3,(H,24,28). The van der Waals surface area contributed by atoms with Gasteiger partial charge >= 0.3 is 0 Å². The Morgan fingerprint density at radius 1 is 1.31 bits per heavy atom. The minimum absolute atomic E-state index is 0.196. The van der Waals surface area contributed by atoms with Crippen molar-refractivity contribution in [3.63, 3.8) is 0 Å². The van der Waals surface area contributed by atoms with Crippen molar-refractivity contribution in [2.24, 2.45) is 0 Å². The smallest absolute Gasteiger partial charge is 0.271 e. The number of nitrogens with one attached hydrogen (secondary N) is 1. The molecule has 1 aromatic carbocycles. The second-order valence-electron chi connectivity index (χ2n) is 7.26. The first-order chi connectivity index (χ1) is 13.9. The Hall–Kier alpha value is -2.60. The van der Waals surface area contributed by atoms with Crippen molar-refractivity contribution in [2.45, 2.75) is 52.1 Å². The molecule has 1 unspecified atom stereocenters. The van der Waals surface area contributed by atoms with Crippen LogP contribution in [-0.4, -0.2) is 28.3 Å². The Kier molecular flexibility index (Phi) is 7.09. The minimum Gasteiger partial charge on any atom is -0.464 e. The topological polar surface area (TPSA) is 73.2 Å². The zero-order chi connectivity index (χ0) is 20.8. The number of hydrogen-bond acceptors (Lipinski definition) is 4. The maximum absolute atomic E-state index is 12.3. The molecule has 0 radical (unpaired) electrons. The molecule has 0 bridgehead atoms. The molecule has 0 saturated carbocycles. The monoisotopic (exact) mass is 415 g/mol. The van der Waals surface area contributed by atoms with Crippen molar-refractivity contribution < 1.29 is 9.53 Å². The van der Waals surface area contributed by atoms with Crippen LogP contribution in [0.1, 0.15) is 44.6 Å². The van der Waals surface area contributed by atoms with E-state index in [1.807, 2.05) is 13.0 Å². The molecule has 6 nitrogen and oxygen atoms in total. The van der Waals surface area contributed by atoms with Gasteiger partial charge in [0.15, 0.2) is 6.10 Å². The summed E-state index contributed by atoms with van der Waals surface area (Å²) in [5.74, 6) is -0.0125. The Morgan fingerprint density at radius 2 is 2.14 bits per heavy atom. The third-order valence-electron chi connectivity index (χ3n) is 4.97. The van der Waals surface area contributed by atoms with Gasteiger partial charge in [-0.1, -0.05) is 29.3 Å². The molecule has 1 amide bonds. The number of aromatic nitrogens is 2. The summed E-state index contributed by atoms with van der Waals surface area (Å²) in [4.78, 5) is 24.6. The molecule has 2 aromatic rings. The number of carbonyl (C=O) groups is 1. The lowest BCUT2D eigenvalue weighted by molar-refractivity contribution is -0.127. The number of halogens is 1. The number of aryl methyl sites for hydroxylation is 1. The maximum Gasteiger partial charge on any atom is 0.271 e. The lowest BCUT2D eigenvalue weighted by atomic mass is 9.97. The van der Waals surface area contributed by atoms with E-state index in [9.17, 15) is 9.59 Å². The van der Waals surface area contributed by atoms with E-state index in [0.717, 1.165) is 24.8 Å². The maximum atomic E-state index is 12.3. The average Bonchev–Trinajstić information content (AvgIpc) is 2.72. The highest BCUT2D eigenvalue weighted by Crippen LogP contribution is 2.20. The van der Waals surface area contributed by atoms with Crippen LogP contribution in [0, 0.1) is 6.92 Å². The Morgan fingerprint density at radius 3 is 2.90 bits per heavy atom. The van der Waals surface area contributed by atoms with Crippen molar-refractivity contribution >= 4 is 17.5 Å². The predicted octanol–water partition coefficient (Wildman–Crippen LogP) is 3.97. The van der Waals surface area contributed by atoms with Gasteiger partial charge in [0.2, 0.25) is 5.88 Å². The fourth-order valence-electron chi connectivity index (χ4n) is 3.30. The second-order valence-corrected chi connectivity index (χ2v) is 7.70. The first kappa shape index (κ1) is 21.1. The van der Waals surface area contributed by atoms with Crippen molar-refractivity contribution in [1.29, 1.82) is 0 Å². The fraction of sp³-hybridized carbons (Fsp3) is 0.409. The number of nitrogens with zero attached hydrogens (tertiary/aromatic N) is 2. The average molecular weight is 416 g/mol. The first-order valence-electron chi connectivity index (χ1n) is 9.93. The summed E-state index contributed by atoms with van der Waals surface area (Å²) in [6.07, 6.45) is 7.16. The molecular weight excluding hydrogens is 390 g/mol. The Bertz CT molecular complexity index is 968. The highest BCUT2D eigenvalue weighted by atomic mass is 35.5. The summed E-state index contributed by atoms with van der Waals surface area (Å²) in [5, 5.41) is 7.67. The van der Waals surface area contributed by atoms with Gasteiger partial charge in [-0.05, 0) is 63.6 Å². The van der Waals surface area contributed by atoms with E-state index in [1.54, 1.807) is 19.1 Å². The molecule has 154 valence electrons. The highest BCUT2D eigenvalue weighted by molar-refractivity contribution is 6.30. The van der Waals surface area contributed by atoms with Gasteiger partial charge in [-0.2, -0.15) is 4.68 Å². The van der Waals surface area contributed by atoms with Crippen LogP contribution < -0.4 is 15.6 Å². The molecule has 7 heteroatoms. The van der Waals surface area contributed by atoms with Gasteiger partial charge < -0.3 is 10.1 Å². The van der Waals surface area contributed by atoms with Gasteiger partial charge in [-0.15, -0.1) is 5.10 Å². The van der Waals surface area contributed by atoms with Gasteiger partial charge in [0.1, 0.15) is 0 Å². The molecule has 0 aliphatic heterocycles. The summed E-state index contributed by atoms with van der Waals surface area (Å²) < 4.78 is 6.91. The zero-order valence-corrected chi connectivity index (χ0v) is 17.5. The Balaban J connectivity index is 1.63. The Labute approximate surface area is 175 Å². The van der Waals surface area contributed by atoms with Crippen LogP contribution >= 0.6 is 11.6 Å². The predicted molar refractivity (Wildman–Crippen MR) is 114 cm³/mol. The second kappa shape index (κ2) is 9.74. The van der Waals surface area contributed by atoms with E-state index in [1.165, 1.54) is 35.2 Å².